The number of halogens is 3. The van der Waals surface area contributed by atoms with Gasteiger partial charge in [-0.1, -0.05) is 0 Å². The minimum absolute atomic E-state index is 0.0963. The second kappa shape index (κ2) is 13.2. The number of hydrogen-bond acceptors (Lipinski definition) is 8. The van der Waals surface area contributed by atoms with Crippen molar-refractivity contribution < 1.29 is 38.1 Å². The normalized spacial score (nSPS) is 16.2. The second-order valence-corrected chi connectivity index (χ2v) is 11.0. The first-order valence-corrected chi connectivity index (χ1v) is 13.9. The van der Waals surface area contributed by atoms with Crippen LogP contribution in [0.2, 0.25) is 0 Å². The van der Waals surface area contributed by atoms with E-state index in [-0.39, 0.29) is 24.3 Å². The monoisotopic (exact) mass is 579 g/mol. The van der Waals surface area contributed by atoms with Crippen LogP contribution >= 0.6 is 11.8 Å². The third-order valence-corrected chi connectivity index (χ3v) is 8.62. The number of amides is 1. The SMILES string of the molecule is COc1ccc2ncc(CO)c(C(O)CCC3(C(=O)NO)CCN(CCSc4cc(F)cc(F)c4F)CC3)c2c1. The molecule has 0 aliphatic carbocycles. The Bertz CT molecular complexity index is 1350. The lowest BCUT2D eigenvalue weighted by Crippen LogP contribution is -2.48. The van der Waals surface area contributed by atoms with Gasteiger partial charge in [0.05, 0.1) is 30.8 Å². The molecule has 0 radical (unpaired) electrons. The minimum atomic E-state index is -1.23. The van der Waals surface area contributed by atoms with Crippen molar-refractivity contribution in [2.45, 2.75) is 43.3 Å². The third-order valence-electron chi connectivity index (χ3n) is 7.62. The molecule has 3 aromatic rings. The average molecular weight is 580 g/mol. The number of likely N-dealkylation sites (tertiary alicyclic amines) is 1. The van der Waals surface area contributed by atoms with Crippen molar-refractivity contribution in [1.82, 2.24) is 15.4 Å². The smallest absolute Gasteiger partial charge is 0.249 e. The number of rotatable bonds is 11. The number of pyridine rings is 1. The van der Waals surface area contributed by atoms with E-state index in [0.29, 0.717) is 72.1 Å². The zero-order valence-electron chi connectivity index (χ0n) is 22.0. The maximum Gasteiger partial charge on any atom is 0.249 e. The van der Waals surface area contributed by atoms with Crippen LogP contribution in [0, 0.1) is 22.9 Å². The molecule has 1 unspecified atom stereocenters. The number of nitrogens with zero attached hydrogens (tertiary/aromatic N) is 2. The van der Waals surface area contributed by atoms with Crippen LogP contribution in [0.5, 0.6) is 5.75 Å². The average Bonchev–Trinajstić information content (AvgIpc) is 2.97. The number of aliphatic hydroxyl groups is 2. The summed E-state index contributed by atoms with van der Waals surface area (Å²) in [7, 11) is 1.53. The standard InChI is InChI=1S/C28H32F3N3O5S/c1-39-19-2-3-22-20(14-19)25(17(16-35)15-32-22)23(36)4-5-28(27(37)33-38)6-8-34(9-7-28)10-11-40-24-13-18(29)12-21(30)26(24)31/h2-3,12-15,23,35-36,38H,4-11,16H2,1H3,(H,33,37). The molecular weight excluding hydrogens is 547 g/mol. The zero-order chi connectivity index (χ0) is 28.9. The summed E-state index contributed by atoms with van der Waals surface area (Å²) < 4.78 is 46.2. The first-order valence-electron chi connectivity index (χ1n) is 12.9. The van der Waals surface area contributed by atoms with Crippen molar-refractivity contribution in [3.05, 3.63) is 65.1 Å². The second-order valence-electron chi connectivity index (χ2n) is 9.90. The number of benzene rings is 2. The van der Waals surface area contributed by atoms with E-state index in [1.54, 1.807) is 23.7 Å². The molecule has 1 aliphatic heterocycles. The van der Waals surface area contributed by atoms with Gasteiger partial charge in [-0.15, -0.1) is 11.8 Å². The summed E-state index contributed by atoms with van der Waals surface area (Å²) in [5.41, 5.74) is 2.46. The Labute approximate surface area is 234 Å². The fraction of sp³-hybridized carbons (Fsp3) is 0.429. The molecule has 216 valence electrons. The summed E-state index contributed by atoms with van der Waals surface area (Å²) in [5.74, 6) is -2.72. The Morgan fingerprint density at radius 2 is 1.98 bits per heavy atom. The van der Waals surface area contributed by atoms with Crippen molar-refractivity contribution in [3.63, 3.8) is 0 Å². The number of piperidine rings is 1. The van der Waals surface area contributed by atoms with Gasteiger partial charge in [-0.2, -0.15) is 0 Å². The number of thioether (sulfide) groups is 1. The predicted molar refractivity (Wildman–Crippen MR) is 143 cm³/mol. The van der Waals surface area contributed by atoms with Crippen LogP contribution in [0.3, 0.4) is 0 Å². The third kappa shape index (κ3) is 6.52. The van der Waals surface area contributed by atoms with Gasteiger partial charge in [0.1, 0.15) is 11.6 Å². The Kier molecular flexibility index (Phi) is 9.90. The molecule has 1 aromatic heterocycles. The quantitative estimate of drug-likeness (QED) is 0.115. The van der Waals surface area contributed by atoms with Crippen LogP contribution in [0.15, 0.2) is 41.4 Å². The molecule has 0 saturated carbocycles. The van der Waals surface area contributed by atoms with Crippen molar-refractivity contribution in [1.29, 1.82) is 0 Å². The van der Waals surface area contributed by atoms with E-state index in [2.05, 4.69) is 9.88 Å². The summed E-state index contributed by atoms with van der Waals surface area (Å²) in [6, 6.07) is 6.73. The highest BCUT2D eigenvalue weighted by Crippen LogP contribution is 2.40. The number of methoxy groups -OCH3 is 1. The van der Waals surface area contributed by atoms with Crippen molar-refractivity contribution in [3.8, 4) is 5.75 Å². The topological polar surface area (TPSA) is 115 Å². The van der Waals surface area contributed by atoms with Gasteiger partial charge >= 0.3 is 0 Å². The number of aliphatic hydroxyl groups excluding tert-OH is 2. The van der Waals surface area contributed by atoms with Gasteiger partial charge in [-0.05, 0) is 68.6 Å². The van der Waals surface area contributed by atoms with Gasteiger partial charge in [-0.3, -0.25) is 15.0 Å². The molecule has 1 fully saturated rings. The number of nitrogens with one attached hydrogen (secondary N) is 1. The summed E-state index contributed by atoms with van der Waals surface area (Å²) in [4.78, 5) is 19.1. The number of hydroxylamine groups is 1. The van der Waals surface area contributed by atoms with Gasteiger partial charge in [0.25, 0.3) is 0 Å². The van der Waals surface area contributed by atoms with Crippen LogP contribution in [0.1, 0.15) is 42.9 Å². The summed E-state index contributed by atoms with van der Waals surface area (Å²) in [5, 5.41) is 31.3. The first-order chi connectivity index (χ1) is 19.2. The highest BCUT2D eigenvalue weighted by Gasteiger charge is 2.41. The summed E-state index contributed by atoms with van der Waals surface area (Å²) >= 11 is 1.01. The van der Waals surface area contributed by atoms with E-state index in [0.717, 1.165) is 17.8 Å². The lowest BCUT2D eigenvalue weighted by molar-refractivity contribution is -0.143. The fourth-order valence-corrected chi connectivity index (χ4v) is 6.26. The van der Waals surface area contributed by atoms with Gasteiger partial charge in [-0.25, -0.2) is 18.7 Å². The number of fused-ring (bicyclic) bond motifs is 1. The van der Waals surface area contributed by atoms with E-state index in [9.17, 15) is 33.4 Å². The van der Waals surface area contributed by atoms with Crippen LogP contribution in [0.25, 0.3) is 10.9 Å². The number of carbonyl (C=O) groups excluding carboxylic acids is 1. The zero-order valence-corrected chi connectivity index (χ0v) is 22.8. The molecule has 0 spiro atoms. The van der Waals surface area contributed by atoms with Gasteiger partial charge in [0, 0.05) is 40.4 Å². The molecule has 1 saturated heterocycles. The molecular formula is C28H32F3N3O5S. The van der Waals surface area contributed by atoms with E-state index < -0.39 is 34.9 Å². The van der Waals surface area contributed by atoms with Crippen LogP contribution in [-0.2, 0) is 11.4 Å². The van der Waals surface area contributed by atoms with Crippen molar-refractivity contribution in [2.24, 2.45) is 5.41 Å². The lowest BCUT2D eigenvalue weighted by atomic mass is 9.73. The molecule has 0 bridgehead atoms. The molecule has 2 aromatic carbocycles. The molecule has 1 aliphatic rings. The maximum absolute atomic E-state index is 13.9. The van der Waals surface area contributed by atoms with Crippen LogP contribution < -0.4 is 10.2 Å². The Morgan fingerprint density at radius 1 is 1.23 bits per heavy atom. The Balaban J connectivity index is 1.42. The largest absolute Gasteiger partial charge is 0.497 e. The predicted octanol–water partition coefficient (Wildman–Crippen LogP) is 4.35. The maximum atomic E-state index is 13.9. The molecule has 2 heterocycles. The molecule has 4 rings (SSSR count). The van der Waals surface area contributed by atoms with Crippen molar-refractivity contribution in [2.75, 3.05) is 32.5 Å². The summed E-state index contributed by atoms with van der Waals surface area (Å²) in [6.45, 7) is 1.18. The molecule has 8 nitrogen and oxygen atoms in total. The highest BCUT2D eigenvalue weighted by atomic mass is 32.2. The van der Waals surface area contributed by atoms with Crippen molar-refractivity contribution >= 4 is 28.6 Å². The fourth-order valence-electron chi connectivity index (χ4n) is 5.27. The van der Waals surface area contributed by atoms with Gasteiger partial charge < -0.3 is 19.8 Å². The highest BCUT2D eigenvalue weighted by molar-refractivity contribution is 7.99. The molecule has 1 amide bonds. The van der Waals surface area contributed by atoms with Gasteiger partial charge in [0.2, 0.25) is 5.91 Å². The summed E-state index contributed by atoms with van der Waals surface area (Å²) in [6.07, 6.45) is 1.77. The number of ether oxygens (including phenoxy) is 1. The lowest BCUT2D eigenvalue weighted by Gasteiger charge is -2.40. The molecule has 1 atom stereocenters. The van der Waals surface area contributed by atoms with E-state index in [1.165, 1.54) is 13.3 Å². The van der Waals surface area contributed by atoms with E-state index >= 15 is 0 Å². The molecule has 40 heavy (non-hydrogen) atoms. The number of carbonyl (C=O) groups is 1. The molecule has 4 N–H and O–H groups in total. The van der Waals surface area contributed by atoms with E-state index in [1.807, 2.05) is 0 Å². The van der Waals surface area contributed by atoms with E-state index in [4.69, 9.17) is 4.74 Å². The number of aromatic nitrogens is 1. The van der Waals surface area contributed by atoms with Crippen LogP contribution in [-0.4, -0.2) is 63.7 Å². The van der Waals surface area contributed by atoms with Crippen LogP contribution in [0.4, 0.5) is 13.2 Å². The Hall–Kier alpha value is -2.90. The Morgan fingerprint density at radius 3 is 2.65 bits per heavy atom. The minimum Gasteiger partial charge on any atom is -0.497 e. The molecule has 12 heteroatoms. The van der Waals surface area contributed by atoms with Gasteiger partial charge in [0.15, 0.2) is 11.6 Å². The number of hydrogen-bond donors (Lipinski definition) is 4. The first kappa shape index (κ1) is 30.1.